The Bertz CT molecular complexity index is 674. The van der Waals surface area contributed by atoms with E-state index in [4.69, 9.17) is 10.00 Å². The first-order chi connectivity index (χ1) is 9.58. The van der Waals surface area contributed by atoms with Crippen LogP contribution in [0.1, 0.15) is 25.0 Å². The first kappa shape index (κ1) is 14.8. The van der Waals surface area contributed by atoms with Crippen LogP contribution < -0.4 is 4.90 Å². The van der Waals surface area contributed by atoms with Crippen LogP contribution >= 0.6 is 0 Å². The third-order valence-corrected chi connectivity index (χ3v) is 2.93. The molecular weight excluding hydrogens is 289 g/mol. The maximum absolute atomic E-state index is 12.9. The maximum atomic E-state index is 12.9. The van der Waals surface area contributed by atoms with Gasteiger partial charge in [-0.05, 0) is 32.0 Å². The summed E-state index contributed by atoms with van der Waals surface area (Å²) < 4.78 is 43.4. The molecule has 110 valence electrons. The monoisotopic (exact) mass is 298 g/mol. The highest BCUT2D eigenvalue weighted by Crippen LogP contribution is 2.36. The van der Waals surface area contributed by atoms with Crippen LogP contribution in [0.25, 0.3) is 0 Å². The fourth-order valence-electron chi connectivity index (χ4n) is 1.89. The standard InChI is InChI=1S/C13H9F3N2O3/c1-12(2)10(19)18(11(20)21-12)8-4-3-7(6-17)9(5-8)13(14,15)16/h3-5H,1-2H3. The molecule has 21 heavy (non-hydrogen) atoms. The fraction of sp³-hybridized carbons (Fsp3) is 0.308. The number of ether oxygens (including phenoxy) is 1. The zero-order chi connectivity index (χ0) is 16.0. The van der Waals surface area contributed by atoms with E-state index in [1.807, 2.05) is 0 Å². The molecule has 0 radical (unpaired) electrons. The molecule has 0 N–H and O–H groups in total. The largest absolute Gasteiger partial charge is 0.433 e. The zero-order valence-corrected chi connectivity index (χ0v) is 11.0. The van der Waals surface area contributed by atoms with E-state index in [9.17, 15) is 22.8 Å². The number of hydrogen-bond acceptors (Lipinski definition) is 4. The van der Waals surface area contributed by atoms with Gasteiger partial charge in [-0.1, -0.05) is 0 Å². The number of imide groups is 1. The van der Waals surface area contributed by atoms with Crippen molar-refractivity contribution < 1.29 is 27.5 Å². The molecule has 0 bridgehead atoms. The van der Waals surface area contributed by atoms with Crippen LogP contribution in [-0.4, -0.2) is 17.6 Å². The van der Waals surface area contributed by atoms with Gasteiger partial charge in [0.25, 0.3) is 5.91 Å². The van der Waals surface area contributed by atoms with E-state index in [0.717, 1.165) is 12.1 Å². The summed E-state index contributed by atoms with van der Waals surface area (Å²) in [5, 5.41) is 8.70. The van der Waals surface area contributed by atoms with Gasteiger partial charge in [0.15, 0.2) is 5.60 Å². The minimum absolute atomic E-state index is 0.290. The van der Waals surface area contributed by atoms with Crippen molar-refractivity contribution in [2.45, 2.75) is 25.6 Å². The molecule has 0 atom stereocenters. The SMILES string of the molecule is CC1(C)OC(=O)N(c2ccc(C#N)c(C(F)(F)F)c2)C1=O. The van der Waals surface area contributed by atoms with Gasteiger partial charge >= 0.3 is 12.3 Å². The van der Waals surface area contributed by atoms with Gasteiger partial charge in [-0.15, -0.1) is 0 Å². The van der Waals surface area contributed by atoms with Crippen molar-refractivity contribution in [3.05, 3.63) is 29.3 Å². The number of carbonyl (C=O) groups is 2. The molecule has 0 aliphatic carbocycles. The van der Waals surface area contributed by atoms with E-state index in [1.54, 1.807) is 0 Å². The van der Waals surface area contributed by atoms with Crippen LogP contribution in [-0.2, 0) is 15.7 Å². The summed E-state index contributed by atoms with van der Waals surface area (Å²) in [6.07, 6.45) is -5.83. The number of alkyl halides is 3. The summed E-state index contributed by atoms with van der Waals surface area (Å²) in [6, 6.07) is 4.00. The predicted octanol–water partition coefficient (Wildman–Crippen LogP) is 2.84. The average Bonchev–Trinajstić information content (AvgIpc) is 2.56. The average molecular weight is 298 g/mol. The van der Waals surface area contributed by atoms with Crippen LogP contribution in [0.2, 0.25) is 0 Å². The minimum atomic E-state index is -4.77. The number of amides is 2. The van der Waals surface area contributed by atoms with Gasteiger partial charge in [-0.25, -0.2) is 9.69 Å². The summed E-state index contributed by atoms with van der Waals surface area (Å²) in [7, 11) is 0. The van der Waals surface area contributed by atoms with Crippen molar-refractivity contribution in [2.24, 2.45) is 0 Å². The van der Waals surface area contributed by atoms with E-state index in [1.165, 1.54) is 19.9 Å². The molecule has 2 rings (SSSR count). The van der Waals surface area contributed by atoms with E-state index in [-0.39, 0.29) is 5.69 Å². The molecular formula is C13H9F3N2O3. The lowest BCUT2D eigenvalue weighted by Gasteiger charge is -2.16. The number of carbonyl (C=O) groups excluding carboxylic acids is 2. The Balaban J connectivity index is 2.55. The van der Waals surface area contributed by atoms with Gasteiger partial charge in [0.05, 0.1) is 22.9 Å². The van der Waals surface area contributed by atoms with Gasteiger partial charge in [0.2, 0.25) is 0 Å². The highest BCUT2D eigenvalue weighted by atomic mass is 19.4. The third-order valence-electron chi connectivity index (χ3n) is 2.93. The Labute approximate surface area is 117 Å². The Morgan fingerprint density at radius 1 is 1.29 bits per heavy atom. The van der Waals surface area contributed by atoms with Crippen molar-refractivity contribution >= 4 is 17.7 Å². The topological polar surface area (TPSA) is 70.4 Å². The van der Waals surface area contributed by atoms with Crippen molar-refractivity contribution in [3.8, 4) is 6.07 Å². The quantitative estimate of drug-likeness (QED) is 0.799. The van der Waals surface area contributed by atoms with Gasteiger partial charge in [-0.3, -0.25) is 4.79 Å². The second-order valence-corrected chi connectivity index (χ2v) is 4.86. The summed E-state index contributed by atoms with van der Waals surface area (Å²) in [4.78, 5) is 24.2. The molecule has 1 fully saturated rings. The molecule has 2 amide bonds. The molecule has 5 nitrogen and oxygen atoms in total. The molecule has 0 spiro atoms. The summed E-state index contributed by atoms with van der Waals surface area (Å²) in [5.41, 5.74) is -3.54. The Hall–Kier alpha value is -2.56. The normalized spacial score (nSPS) is 17.6. The van der Waals surface area contributed by atoms with Gasteiger partial charge < -0.3 is 4.74 Å². The van der Waals surface area contributed by atoms with E-state index < -0.39 is 34.9 Å². The first-order valence-electron chi connectivity index (χ1n) is 5.77. The lowest BCUT2D eigenvalue weighted by Crippen LogP contribution is -2.36. The van der Waals surface area contributed by atoms with Crippen LogP contribution in [0, 0.1) is 11.3 Å². The van der Waals surface area contributed by atoms with Crippen LogP contribution in [0.4, 0.5) is 23.7 Å². The van der Waals surface area contributed by atoms with Crippen LogP contribution in [0.15, 0.2) is 18.2 Å². The van der Waals surface area contributed by atoms with Crippen molar-refractivity contribution in [3.63, 3.8) is 0 Å². The number of benzene rings is 1. The number of halogens is 3. The lowest BCUT2D eigenvalue weighted by molar-refractivity contribution is -0.137. The second-order valence-electron chi connectivity index (χ2n) is 4.86. The lowest BCUT2D eigenvalue weighted by atomic mass is 10.1. The Kier molecular flexibility index (Phi) is 3.17. The van der Waals surface area contributed by atoms with Crippen molar-refractivity contribution in [1.29, 1.82) is 5.26 Å². The molecule has 1 heterocycles. The predicted molar refractivity (Wildman–Crippen MR) is 64.2 cm³/mol. The molecule has 1 aromatic rings. The second kappa shape index (κ2) is 4.48. The number of hydrogen-bond donors (Lipinski definition) is 0. The summed E-state index contributed by atoms with van der Waals surface area (Å²) >= 11 is 0. The number of rotatable bonds is 1. The third kappa shape index (κ3) is 2.42. The summed E-state index contributed by atoms with van der Waals surface area (Å²) in [6.45, 7) is 2.67. The van der Waals surface area contributed by atoms with E-state index in [2.05, 4.69) is 0 Å². The molecule has 0 aromatic heterocycles. The first-order valence-corrected chi connectivity index (χ1v) is 5.77. The molecule has 1 saturated heterocycles. The van der Waals surface area contributed by atoms with Crippen molar-refractivity contribution in [1.82, 2.24) is 0 Å². The number of nitrogens with zero attached hydrogens (tertiary/aromatic N) is 2. The highest BCUT2D eigenvalue weighted by Gasteiger charge is 2.48. The van der Waals surface area contributed by atoms with Gasteiger partial charge in [-0.2, -0.15) is 18.4 Å². The molecule has 0 unspecified atom stereocenters. The Morgan fingerprint density at radius 3 is 2.33 bits per heavy atom. The molecule has 1 aliphatic heterocycles. The fourth-order valence-corrected chi connectivity index (χ4v) is 1.89. The molecule has 1 aromatic carbocycles. The minimum Gasteiger partial charge on any atom is -0.433 e. The van der Waals surface area contributed by atoms with Crippen LogP contribution in [0.5, 0.6) is 0 Å². The number of anilines is 1. The van der Waals surface area contributed by atoms with Gasteiger partial charge in [0.1, 0.15) is 0 Å². The van der Waals surface area contributed by atoms with Crippen LogP contribution in [0.3, 0.4) is 0 Å². The summed E-state index contributed by atoms with van der Waals surface area (Å²) in [5.74, 6) is -0.773. The maximum Gasteiger partial charge on any atom is 0.422 e. The highest BCUT2D eigenvalue weighted by molar-refractivity contribution is 6.19. The molecule has 1 aliphatic rings. The smallest absolute Gasteiger partial charge is 0.422 e. The van der Waals surface area contributed by atoms with E-state index in [0.29, 0.717) is 11.0 Å². The van der Waals surface area contributed by atoms with Crippen molar-refractivity contribution in [2.75, 3.05) is 4.90 Å². The number of nitriles is 1. The zero-order valence-electron chi connectivity index (χ0n) is 11.0. The molecule has 0 saturated carbocycles. The van der Waals surface area contributed by atoms with E-state index >= 15 is 0 Å². The number of cyclic esters (lactones) is 1. The van der Waals surface area contributed by atoms with Gasteiger partial charge in [0, 0.05) is 0 Å². The Morgan fingerprint density at radius 2 is 1.90 bits per heavy atom. The molecule has 8 heteroatoms.